The van der Waals surface area contributed by atoms with Crippen LogP contribution >= 0.6 is 0 Å². The minimum absolute atomic E-state index is 0.224. The molecule has 0 spiro atoms. The zero-order valence-electron chi connectivity index (χ0n) is 10.8. The molecule has 0 aliphatic rings. The van der Waals surface area contributed by atoms with Crippen LogP contribution in [-0.2, 0) is 0 Å². The third-order valence-corrected chi connectivity index (χ3v) is 2.93. The number of hydrogen-bond acceptors (Lipinski definition) is 3. The van der Waals surface area contributed by atoms with Crippen LogP contribution in [-0.4, -0.2) is 16.9 Å². The van der Waals surface area contributed by atoms with Gasteiger partial charge in [-0.15, -0.1) is 0 Å². The topological polar surface area (TPSA) is 65.8 Å². The summed E-state index contributed by atoms with van der Waals surface area (Å²) in [7, 11) is 0. The largest absolute Gasteiger partial charge is 0.336 e. The number of nitriles is 1. The summed E-state index contributed by atoms with van der Waals surface area (Å²) in [6.45, 7) is 1.98. The number of amides is 1. The lowest BCUT2D eigenvalue weighted by atomic mass is 10.1. The number of nitrogens with one attached hydrogen (secondary N) is 1. The Morgan fingerprint density at radius 3 is 3.00 bits per heavy atom. The fourth-order valence-corrected chi connectivity index (χ4v) is 2.00. The van der Waals surface area contributed by atoms with Gasteiger partial charge in [-0.3, -0.25) is 9.78 Å². The van der Waals surface area contributed by atoms with Gasteiger partial charge < -0.3 is 5.32 Å². The van der Waals surface area contributed by atoms with E-state index in [2.05, 4.69) is 16.4 Å². The monoisotopic (exact) mass is 253 g/mol. The predicted octanol–water partition coefficient (Wildman–Crippen LogP) is 2.66. The summed E-state index contributed by atoms with van der Waals surface area (Å²) in [5.41, 5.74) is 1.33. The number of carbonyl (C=O) groups is 1. The van der Waals surface area contributed by atoms with Crippen molar-refractivity contribution in [2.45, 2.75) is 25.8 Å². The first kappa shape index (κ1) is 13.0. The molecule has 4 heteroatoms. The van der Waals surface area contributed by atoms with Crippen LogP contribution in [0.4, 0.5) is 0 Å². The van der Waals surface area contributed by atoms with E-state index in [0.717, 1.165) is 17.3 Å². The van der Waals surface area contributed by atoms with Crippen molar-refractivity contribution in [3.63, 3.8) is 0 Å². The number of rotatable bonds is 4. The van der Waals surface area contributed by atoms with Crippen LogP contribution in [0.15, 0.2) is 36.5 Å². The number of fused-ring (bicyclic) bond motifs is 1. The first-order valence-electron chi connectivity index (χ1n) is 6.30. The second kappa shape index (κ2) is 5.96. The van der Waals surface area contributed by atoms with Gasteiger partial charge in [0, 0.05) is 17.1 Å². The van der Waals surface area contributed by atoms with Gasteiger partial charge in [-0.25, -0.2) is 0 Å². The summed E-state index contributed by atoms with van der Waals surface area (Å²) < 4.78 is 0. The molecule has 1 heterocycles. The van der Waals surface area contributed by atoms with Crippen molar-refractivity contribution in [1.82, 2.24) is 10.3 Å². The molecular formula is C15H15N3O. The Hall–Kier alpha value is -2.41. The van der Waals surface area contributed by atoms with Gasteiger partial charge in [-0.05, 0) is 24.6 Å². The number of aromatic nitrogens is 1. The maximum absolute atomic E-state index is 12.2. The SMILES string of the molecule is CCCC(C#N)NC(=O)c1cccc2ncccc12. The first-order chi connectivity index (χ1) is 9.26. The smallest absolute Gasteiger partial charge is 0.253 e. The molecule has 1 unspecified atom stereocenters. The van der Waals surface area contributed by atoms with Crippen molar-refractivity contribution >= 4 is 16.8 Å². The Morgan fingerprint density at radius 1 is 1.42 bits per heavy atom. The Kier molecular flexibility index (Phi) is 4.09. The molecule has 0 aliphatic carbocycles. The van der Waals surface area contributed by atoms with Crippen molar-refractivity contribution in [2.24, 2.45) is 0 Å². The minimum Gasteiger partial charge on any atom is -0.336 e. The fraction of sp³-hybridized carbons (Fsp3) is 0.267. The molecule has 96 valence electrons. The van der Waals surface area contributed by atoms with E-state index in [9.17, 15) is 4.79 Å². The Morgan fingerprint density at radius 2 is 2.26 bits per heavy atom. The summed E-state index contributed by atoms with van der Waals surface area (Å²) in [6.07, 6.45) is 3.21. The van der Waals surface area contributed by atoms with Crippen LogP contribution in [0.5, 0.6) is 0 Å². The van der Waals surface area contributed by atoms with E-state index in [1.165, 1.54) is 0 Å². The van der Waals surface area contributed by atoms with Crippen LogP contribution in [0, 0.1) is 11.3 Å². The number of hydrogen-bond donors (Lipinski definition) is 1. The molecule has 1 aromatic carbocycles. The fourth-order valence-electron chi connectivity index (χ4n) is 2.00. The predicted molar refractivity (Wildman–Crippen MR) is 73.5 cm³/mol. The number of pyridine rings is 1. The van der Waals surface area contributed by atoms with Crippen molar-refractivity contribution in [1.29, 1.82) is 5.26 Å². The molecule has 0 saturated carbocycles. The van der Waals surface area contributed by atoms with Gasteiger partial charge in [-0.1, -0.05) is 25.5 Å². The van der Waals surface area contributed by atoms with Gasteiger partial charge in [0.15, 0.2) is 0 Å². The molecule has 0 fully saturated rings. The highest BCUT2D eigenvalue weighted by molar-refractivity contribution is 6.06. The van der Waals surface area contributed by atoms with E-state index in [-0.39, 0.29) is 5.91 Å². The molecule has 1 aromatic heterocycles. The molecule has 19 heavy (non-hydrogen) atoms. The van der Waals surface area contributed by atoms with Crippen molar-refractivity contribution in [2.75, 3.05) is 0 Å². The molecule has 0 saturated heterocycles. The molecule has 1 amide bonds. The van der Waals surface area contributed by atoms with Crippen molar-refractivity contribution in [3.8, 4) is 6.07 Å². The lowest BCUT2D eigenvalue weighted by Gasteiger charge is -2.11. The summed E-state index contributed by atoms with van der Waals surface area (Å²) in [5, 5.41) is 12.5. The third-order valence-electron chi connectivity index (χ3n) is 2.93. The molecule has 1 atom stereocenters. The quantitative estimate of drug-likeness (QED) is 0.910. The Bertz CT molecular complexity index is 625. The molecule has 4 nitrogen and oxygen atoms in total. The Balaban J connectivity index is 2.29. The molecule has 0 radical (unpaired) electrons. The second-order valence-electron chi connectivity index (χ2n) is 4.32. The molecule has 1 N–H and O–H groups in total. The van der Waals surface area contributed by atoms with E-state index in [1.807, 2.05) is 19.1 Å². The van der Waals surface area contributed by atoms with Crippen LogP contribution < -0.4 is 5.32 Å². The highest BCUT2D eigenvalue weighted by atomic mass is 16.1. The van der Waals surface area contributed by atoms with E-state index in [0.29, 0.717) is 12.0 Å². The third kappa shape index (κ3) is 2.89. The van der Waals surface area contributed by atoms with E-state index < -0.39 is 6.04 Å². The van der Waals surface area contributed by atoms with E-state index in [4.69, 9.17) is 5.26 Å². The second-order valence-corrected chi connectivity index (χ2v) is 4.32. The highest BCUT2D eigenvalue weighted by Crippen LogP contribution is 2.16. The Labute approximate surface area is 112 Å². The lowest BCUT2D eigenvalue weighted by Crippen LogP contribution is -2.33. The number of nitrogens with zero attached hydrogens (tertiary/aromatic N) is 2. The average Bonchev–Trinajstić information content (AvgIpc) is 2.46. The molecule has 0 bridgehead atoms. The van der Waals surface area contributed by atoms with Crippen LogP contribution in [0.3, 0.4) is 0 Å². The van der Waals surface area contributed by atoms with Crippen LogP contribution in [0.25, 0.3) is 10.9 Å². The van der Waals surface area contributed by atoms with Crippen LogP contribution in [0.2, 0.25) is 0 Å². The standard InChI is InChI=1S/C15H15N3O/c1-2-5-11(10-16)18-15(19)13-6-3-8-14-12(13)7-4-9-17-14/h3-4,6-9,11H,2,5H2,1H3,(H,18,19). The van der Waals surface area contributed by atoms with E-state index in [1.54, 1.807) is 24.4 Å². The van der Waals surface area contributed by atoms with Gasteiger partial charge in [0.2, 0.25) is 0 Å². The lowest BCUT2D eigenvalue weighted by molar-refractivity contribution is 0.0945. The summed E-state index contributed by atoms with van der Waals surface area (Å²) in [5.74, 6) is -0.224. The van der Waals surface area contributed by atoms with Gasteiger partial charge in [-0.2, -0.15) is 5.26 Å². The van der Waals surface area contributed by atoms with Crippen LogP contribution in [0.1, 0.15) is 30.1 Å². The number of carbonyl (C=O) groups excluding carboxylic acids is 1. The van der Waals surface area contributed by atoms with Crippen molar-refractivity contribution < 1.29 is 4.79 Å². The van der Waals surface area contributed by atoms with Gasteiger partial charge in [0.25, 0.3) is 5.91 Å². The number of benzene rings is 1. The maximum Gasteiger partial charge on any atom is 0.253 e. The minimum atomic E-state index is -0.440. The average molecular weight is 253 g/mol. The molecule has 2 aromatic rings. The summed E-state index contributed by atoms with van der Waals surface area (Å²) in [6, 6.07) is 10.7. The van der Waals surface area contributed by atoms with Gasteiger partial charge >= 0.3 is 0 Å². The zero-order chi connectivity index (χ0) is 13.7. The maximum atomic E-state index is 12.2. The molecule has 0 aliphatic heterocycles. The van der Waals surface area contributed by atoms with Crippen molar-refractivity contribution in [3.05, 3.63) is 42.1 Å². The first-order valence-corrected chi connectivity index (χ1v) is 6.30. The summed E-state index contributed by atoms with van der Waals surface area (Å²) >= 11 is 0. The normalized spacial score (nSPS) is 11.8. The molecular weight excluding hydrogens is 238 g/mol. The highest BCUT2D eigenvalue weighted by Gasteiger charge is 2.14. The molecule has 2 rings (SSSR count). The van der Waals surface area contributed by atoms with Gasteiger partial charge in [0.05, 0.1) is 11.6 Å². The zero-order valence-corrected chi connectivity index (χ0v) is 10.8. The van der Waals surface area contributed by atoms with Gasteiger partial charge in [0.1, 0.15) is 6.04 Å². The summed E-state index contributed by atoms with van der Waals surface area (Å²) in [4.78, 5) is 16.4. The van der Waals surface area contributed by atoms with E-state index >= 15 is 0 Å².